The molecule has 1 heterocycles. The first-order valence-electron chi connectivity index (χ1n) is 3.74. The van der Waals surface area contributed by atoms with Gasteiger partial charge in [0.05, 0.1) is 5.02 Å². The molecule has 2 rings (SSSR count). The Balaban J connectivity index is 2.80. The van der Waals surface area contributed by atoms with Gasteiger partial charge in [-0.15, -0.1) is 11.3 Å². The van der Waals surface area contributed by atoms with Gasteiger partial charge in [0.25, 0.3) is 6.43 Å². The highest BCUT2D eigenvalue weighted by molar-refractivity contribution is 9.10. The summed E-state index contributed by atoms with van der Waals surface area (Å²) in [6.07, 6.45) is -2.54. The van der Waals surface area contributed by atoms with Gasteiger partial charge in [-0.05, 0) is 33.4 Å². The standard InChI is InChI=1S/C9H4BrClF2S/c10-7-4-1-2-14-6(4)3-5(8(7)11)9(12)13/h1-3,9H. The fraction of sp³-hybridized carbons (Fsp3) is 0.111. The summed E-state index contributed by atoms with van der Waals surface area (Å²) in [4.78, 5) is 0. The third-order valence-corrected chi connectivity index (χ3v) is 4.22. The molecule has 74 valence electrons. The molecule has 0 nitrogen and oxygen atoms in total. The van der Waals surface area contributed by atoms with Crippen LogP contribution in [-0.4, -0.2) is 0 Å². The minimum atomic E-state index is -2.54. The molecule has 0 fully saturated rings. The van der Waals surface area contributed by atoms with Crippen molar-refractivity contribution < 1.29 is 8.78 Å². The lowest BCUT2D eigenvalue weighted by molar-refractivity contribution is 0.151. The minimum absolute atomic E-state index is 0.103. The minimum Gasteiger partial charge on any atom is -0.205 e. The van der Waals surface area contributed by atoms with Crippen LogP contribution in [0, 0.1) is 0 Å². The molecule has 14 heavy (non-hydrogen) atoms. The van der Waals surface area contributed by atoms with Gasteiger partial charge in [-0.25, -0.2) is 8.78 Å². The van der Waals surface area contributed by atoms with Crippen LogP contribution in [0.2, 0.25) is 5.02 Å². The summed E-state index contributed by atoms with van der Waals surface area (Å²) in [6, 6.07) is 3.29. The fourth-order valence-electron chi connectivity index (χ4n) is 1.22. The first kappa shape index (κ1) is 10.3. The summed E-state index contributed by atoms with van der Waals surface area (Å²) in [5.41, 5.74) is -0.117. The Hall–Kier alpha value is -0.190. The van der Waals surface area contributed by atoms with Crippen LogP contribution in [0.5, 0.6) is 0 Å². The second-order valence-electron chi connectivity index (χ2n) is 2.73. The van der Waals surface area contributed by atoms with Crippen LogP contribution in [0.1, 0.15) is 12.0 Å². The zero-order chi connectivity index (χ0) is 10.3. The summed E-state index contributed by atoms with van der Waals surface area (Å²) in [5, 5.41) is 2.83. The maximum Gasteiger partial charge on any atom is 0.265 e. The molecule has 5 heteroatoms. The molecule has 0 spiro atoms. The summed E-state index contributed by atoms with van der Waals surface area (Å²) in [6.45, 7) is 0. The van der Waals surface area contributed by atoms with Gasteiger partial charge in [-0.2, -0.15) is 0 Å². The largest absolute Gasteiger partial charge is 0.265 e. The lowest BCUT2D eigenvalue weighted by Crippen LogP contribution is -1.86. The summed E-state index contributed by atoms with van der Waals surface area (Å²) >= 11 is 10.4. The molecular formula is C9H4BrClF2S. The van der Waals surface area contributed by atoms with Gasteiger partial charge in [-0.3, -0.25) is 0 Å². The van der Waals surface area contributed by atoms with E-state index in [1.807, 2.05) is 11.4 Å². The molecule has 1 aromatic heterocycles. The molecular weight excluding hydrogens is 294 g/mol. The van der Waals surface area contributed by atoms with Crippen LogP contribution >= 0.6 is 38.9 Å². The van der Waals surface area contributed by atoms with E-state index in [0.717, 1.165) is 10.1 Å². The number of benzene rings is 1. The molecule has 0 radical (unpaired) electrons. The number of hydrogen-bond acceptors (Lipinski definition) is 1. The van der Waals surface area contributed by atoms with Crippen LogP contribution in [-0.2, 0) is 0 Å². The Labute approximate surface area is 96.6 Å². The average molecular weight is 298 g/mol. The Morgan fingerprint density at radius 3 is 2.79 bits per heavy atom. The lowest BCUT2D eigenvalue weighted by Gasteiger charge is -2.05. The molecule has 0 aliphatic heterocycles. The number of halogens is 4. The average Bonchev–Trinajstić information content (AvgIpc) is 2.58. The van der Waals surface area contributed by atoms with Gasteiger partial charge in [0.1, 0.15) is 0 Å². The summed E-state index contributed by atoms with van der Waals surface area (Å²) in [7, 11) is 0. The van der Waals surface area contributed by atoms with Crippen LogP contribution in [0.15, 0.2) is 22.0 Å². The van der Waals surface area contributed by atoms with Gasteiger partial charge in [0, 0.05) is 20.1 Å². The number of alkyl halides is 2. The Morgan fingerprint density at radius 1 is 1.43 bits per heavy atom. The maximum atomic E-state index is 12.5. The van der Waals surface area contributed by atoms with Crippen LogP contribution < -0.4 is 0 Å². The van der Waals surface area contributed by atoms with Crippen molar-refractivity contribution in [2.24, 2.45) is 0 Å². The van der Waals surface area contributed by atoms with Crippen molar-refractivity contribution in [1.82, 2.24) is 0 Å². The summed E-state index contributed by atoms with van der Waals surface area (Å²) in [5.74, 6) is 0. The van der Waals surface area contributed by atoms with Gasteiger partial charge in [0.2, 0.25) is 0 Å². The number of thiophene rings is 1. The molecule has 0 unspecified atom stereocenters. The van der Waals surface area contributed by atoms with Gasteiger partial charge < -0.3 is 0 Å². The van der Waals surface area contributed by atoms with Crippen LogP contribution in [0.3, 0.4) is 0 Å². The van der Waals surface area contributed by atoms with Crippen molar-refractivity contribution in [2.45, 2.75) is 6.43 Å². The second kappa shape index (κ2) is 3.76. The molecule has 0 N–H and O–H groups in total. The first-order valence-corrected chi connectivity index (χ1v) is 5.79. The normalized spacial score (nSPS) is 11.5. The highest BCUT2D eigenvalue weighted by Gasteiger charge is 2.17. The van der Waals surface area contributed by atoms with E-state index in [0.29, 0.717) is 4.47 Å². The van der Waals surface area contributed by atoms with Crippen molar-refractivity contribution in [3.8, 4) is 0 Å². The molecule has 0 aliphatic carbocycles. The molecule has 0 aliphatic rings. The Bertz CT molecular complexity index is 481. The molecule has 2 aromatic rings. The summed E-state index contributed by atoms with van der Waals surface area (Å²) < 4.78 is 26.4. The van der Waals surface area contributed by atoms with Gasteiger partial charge in [0.15, 0.2) is 0 Å². The topological polar surface area (TPSA) is 0 Å². The van der Waals surface area contributed by atoms with Crippen molar-refractivity contribution >= 4 is 49.0 Å². The number of hydrogen-bond donors (Lipinski definition) is 0. The van der Waals surface area contributed by atoms with E-state index in [9.17, 15) is 8.78 Å². The van der Waals surface area contributed by atoms with Gasteiger partial charge in [-0.1, -0.05) is 11.6 Å². The number of rotatable bonds is 1. The van der Waals surface area contributed by atoms with E-state index >= 15 is 0 Å². The Kier molecular flexibility index (Phi) is 2.77. The van der Waals surface area contributed by atoms with Crippen molar-refractivity contribution in [3.63, 3.8) is 0 Å². The lowest BCUT2D eigenvalue weighted by atomic mass is 10.2. The quantitative estimate of drug-likeness (QED) is 0.674. The molecule has 0 bridgehead atoms. The molecule has 0 atom stereocenters. The van der Waals surface area contributed by atoms with E-state index in [1.54, 1.807) is 0 Å². The predicted molar refractivity (Wildman–Crippen MR) is 59.5 cm³/mol. The third kappa shape index (κ3) is 1.55. The van der Waals surface area contributed by atoms with Crippen molar-refractivity contribution in [2.75, 3.05) is 0 Å². The third-order valence-electron chi connectivity index (χ3n) is 1.90. The van der Waals surface area contributed by atoms with Crippen molar-refractivity contribution in [3.05, 3.63) is 32.6 Å². The Morgan fingerprint density at radius 2 is 2.14 bits per heavy atom. The molecule has 1 aromatic carbocycles. The number of fused-ring (bicyclic) bond motifs is 1. The van der Waals surface area contributed by atoms with E-state index in [2.05, 4.69) is 15.9 Å². The highest BCUT2D eigenvalue weighted by atomic mass is 79.9. The predicted octanol–water partition coefficient (Wildman–Crippen LogP) is 5.25. The van der Waals surface area contributed by atoms with Crippen LogP contribution in [0.4, 0.5) is 8.78 Å². The zero-order valence-corrected chi connectivity index (χ0v) is 9.89. The maximum absolute atomic E-state index is 12.5. The van der Waals surface area contributed by atoms with E-state index in [1.165, 1.54) is 17.4 Å². The van der Waals surface area contributed by atoms with E-state index in [4.69, 9.17) is 11.6 Å². The van der Waals surface area contributed by atoms with E-state index in [-0.39, 0.29) is 10.6 Å². The fourth-order valence-corrected chi connectivity index (χ4v) is 3.01. The molecule has 0 saturated heterocycles. The molecule has 0 saturated carbocycles. The second-order valence-corrected chi connectivity index (χ2v) is 4.85. The van der Waals surface area contributed by atoms with Crippen molar-refractivity contribution in [1.29, 1.82) is 0 Å². The van der Waals surface area contributed by atoms with E-state index < -0.39 is 6.43 Å². The molecule has 0 amide bonds. The SMILES string of the molecule is FC(F)c1cc2sccc2c(Br)c1Cl. The first-order chi connectivity index (χ1) is 6.61. The zero-order valence-electron chi connectivity index (χ0n) is 6.73. The van der Waals surface area contributed by atoms with Gasteiger partial charge >= 0.3 is 0 Å². The van der Waals surface area contributed by atoms with Crippen LogP contribution in [0.25, 0.3) is 10.1 Å². The highest BCUT2D eigenvalue weighted by Crippen LogP contribution is 2.40. The smallest absolute Gasteiger partial charge is 0.205 e. The monoisotopic (exact) mass is 296 g/mol.